The lowest BCUT2D eigenvalue weighted by Crippen LogP contribution is -2.47. The van der Waals surface area contributed by atoms with Crippen LogP contribution >= 0.6 is 0 Å². The third-order valence-corrected chi connectivity index (χ3v) is 2.71. The largest absolute Gasteiger partial charge is 0.465 e. The van der Waals surface area contributed by atoms with Crippen LogP contribution < -0.4 is 0 Å². The van der Waals surface area contributed by atoms with Crippen LogP contribution in [0.4, 0.5) is 4.79 Å². The normalized spacial score (nSPS) is 22.2. The Morgan fingerprint density at radius 3 is 3.06 bits per heavy atom. The fourth-order valence-electron chi connectivity index (χ4n) is 1.78. The second-order valence-corrected chi connectivity index (χ2v) is 3.84. The second kappa shape index (κ2) is 5.11. The summed E-state index contributed by atoms with van der Waals surface area (Å²) < 4.78 is 5.38. The molecule has 0 aromatic carbocycles. The SMILES string of the molecule is O=C(O)N1CCO[C@H](C(O)c2ccccn2)C1. The lowest BCUT2D eigenvalue weighted by atomic mass is 10.1. The summed E-state index contributed by atoms with van der Waals surface area (Å²) in [6.07, 6.45) is -0.879. The Bertz CT molecular complexity index is 384. The molecular formula is C11H14N2O4. The molecule has 1 unspecified atom stereocenters. The van der Waals surface area contributed by atoms with Crippen molar-refractivity contribution in [2.45, 2.75) is 12.2 Å². The minimum Gasteiger partial charge on any atom is -0.465 e. The Balaban J connectivity index is 2.05. The quantitative estimate of drug-likeness (QED) is 0.783. The third-order valence-electron chi connectivity index (χ3n) is 2.71. The number of rotatable bonds is 2. The maximum atomic E-state index is 10.8. The van der Waals surface area contributed by atoms with Gasteiger partial charge in [-0.1, -0.05) is 6.07 Å². The predicted octanol–water partition coefficient (Wildman–Crippen LogP) is 0.494. The smallest absolute Gasteiger partial charge is 0.407 e. The summed E-state index contributed by atoms with van der Waals surface area (Å²) in [5, 5.41) is 18.9. The number of amides is 1. The van der Waals surface area contributed by atoms with Gasteiger partial charge < -0.3 is 19.8 Å². The molecule has 6 nitrogen and oxygen atoms in total. The Hall–Kier alpha value is -1.66. The van der Waals surface area contributed by atoms with Gasteiger partial charge in [0.2, 0.25) is 0 Å². The molecule has 17 heavy (non-hydrogen) atoms. The Morgan fingerprint density at radius 1 is 1.59 bits per heavy atom. The fraction of sp³-hybridized carbons (Fsp3) is 0.455. The van der Waals surface area contributed by atoms with Crippen LogP contribution in [0.3, 0.4) is 0 Å². The number of ether oxygens (including phenoxy) is 1. The molecule has 1 aromatic heterocycles. The van der Waals surface area contributed by atoms with E-state index in [1.807, 2.05) is 0 Å². The lowest BCUT2D eigenvalue weighted by Gasteiger charge is -2.33. The number of hydrogen-bond acceptors (Lipinski definition) is 4. The van der Waals surface area contributed by atoms with Crippen molar-refractivity contribution in [3.8, 4) is 0 Å². The van der Waals surface area contributed by atoms with Gasteiger partial charge in [0.15, 0.2) is 0 Å². The molecule has 1 aliphatic heterocycles. The number of pyridine rings is 1. The van der Waals surface area contributed by atoms with Gasteiger partial charge in [0.05, 0.1) is 18.8 Å². The zero-order valence-corrected chi connectivity index (χ0v) is 9.19. The summed E-state index contributed by atoms with van der Waals surface area (Å²) in [6, 6.07) is 5.21. The topological polar surface area (TPSA) is 82.9 Å². The van der Waals surface area contributed by atoms with E-state index in [9.17, 15) is 9.90 Å². The number of aliphatic hydroxyl groups is 1. The van der Waals surface area contributed by atoms with Crippen LogP contribution in [0.1, 0.15) is 11.8 Å². The first-order chi connectivity index (χ1) is 8.18. The molecule has 2 heterocycles. The molecule has 1 aliphatic rings. The zero-order chi connectivity index (χ0) is 12.3. The molecule has 0 bridgehead atoms. The predicted molar refractivity (Wildman–Crippen MR) is 58.5 cm³/mol. The van der Waals surface area contributed by atoms with Gasteiger partial charge in [-0.3, -0.25) is 4.98 Å². The van der Waals surface area contributed by atoms with Crippen LogP contribution in [0.5, 0.6) is 0 Å². The van der Waals surface area contributed by atoms with Crippen molar-refractivity contribution in [1.82, 2.24) is 9.88 Å². The summed E-state index contributed by atoms with van der Waals surface area (Å²) in [4.78, 5) is 16.1. The number of aromatic nitrogens is 1. The Labute approximate surface area is 98.5 Å². The van der Waals surface area contributed by atoms with Crippen molar-refractivity contribution in [3.63, 3.8) is 0 Å². The second-order valence-electron chi connectivity index (χ2n) is 3.84. The first kappa shape index (κ1) is 11.8. The average Bonchev–Trinajstić information content (AvgIpc) is 2.39. The number of aliphatic hydroxyl groups excluding tert-OH is 1. The maximum absolute atomic E-state index is 10.8. The molecule has 1 aromatic rings. The molecule has 1 fully saturated rings. The van der Waals surface area contributed by atoms with E-state index in [0.717, 1.165) is 0 Å². The fourth-order valence-corrected chi connectivity index (χ4v) is 1.78. The van der Waals surface area contributed by atoms with E-state index in [-0.39, 0.29) is 6.54 Å². The third kappa shape index (κ3) is 2.72. The minimum absolute atomic E-state index is 0.160. The number of morpholine rings is 1. The maximum Gasteiger partial charge on any atom is 0.407 e. The highest BCUT2D eigenvalue weighted by Crippen LogP contribution is 2.20. The molecular weight excluding hydrogens is 224 g/mol. The highest BCUT2D eigenvalue weighted by atomic mass is 16.5. The van der Waals surface area contributed by atoms with Crippen molar-refractivity contribution < 1.29 is 19.7 Å². The first-order valence-corrected chi connectivity index (χ1v) is 5.37. The van der Waals surface area contributed by atoms with Crippen LogP contribution in [0.15, 0.2) is 24.4 Å². The highest BCUT2D eigenvalue weighted by Gasteiger charge is 2.30. The molecule has 2 N–H and O–H groups in total. The van der Waals surface area contributed by atoms with E-state index in [1.165, 1.54) is 4.90 Å². The first-order valence-electron chi connectivity index (χ1n) is 5.37. The molecule has 92 valence electrons. The van der Waals surface area contributed by atoms with E-state index >= 15 is 0 Å². The van der Waals surface area contributed by atoms with E-state index < -0.39 is 18.3 Å². The summed E-state index contributed by atoms with van der Waals surface area (Å²) in [6.45, 7) is 0.786. The van der Waals surface area contributed by atoms with Crippen molar-refractivity contribution >= 4 is 6.09 Å². The highest BCUT2D eigenvalue weighted by molar-refractivity contribution is 5.65. The van der Waals surface area contributed by atoms with Crippen molar-refractivity contribution in [2.75, 3.05) is 19.7 Å². The summed E-state index contributed by atoms with van der Waals surface area (Å²) >= 11 is 0. The van der Waals surface area contributed by atoms with Gasteiger partial charge in [-0.25, -0.2) is 4.79 Å². The zero-order valence-electron chi connectivity index (χ0n) is 9.19. The van der Waals surface area contributed by atoms with Gasteiger partial charge in [0.25, 0.3) is 0 Å². The number of nitrogens with zero attached hydrogens (tertiary/aromatic N) is 2. The molecule has 0 radical (unpaired) electrons. The average molecular weight is 238 g/mol. The number of carboxylic acid groups (broad SMARTS) is 1. The van der Waals surface area contributed by atoms with Crippen molar-refractivity contribution in [2.24, 2.45) is 0 Å². The summed E-state index contributed by atoms with van der Waals surface area (Å²) in [5.74, 6) is 0. The Kier molecular flexibility index (Phi) is 3.55. The molecule has 2 atom stereocenters. The molecule has 0 spiro atoms. The van der Waals surface area contributed by atoms with E-state index in [0.29, 0.717) is 18.8 Å². The van der Waals surface area contributed by atoms with Crippen LogP contribution in [-0.4, -0.2) is 52.0 Å². The lowest BCUT2D eigenvalue weighted by molar-refractivity contribution is -0.0848. The molecule has 2 rings (SSSR count). The van der Waals surface area contributed by atoms with Gasteiger partial charge in [-0.15, -0.1) is 0 Å². The van der Waals surface area contributed by atoms with E-state index in [4.69, 9.17) is 9.84 Å². The monoisotopic (exact) mass is 238 g/mol. The van der Waals surface area contributed by atoms with Crippen LogP contribution in [-0.2, 0) is 4.74 Å². The van der Waals surface area contributed by atoms with Crippen LogP contribution in [0.2, 0.25) is 0 Å². The van der Waals surface area contributed by atoms with Gasteiger partial charge in [-0.2, -0.15) is 0 Å². The van der Waals surface area contributed by atoms with Crippen LogP contribution in [0, 0.1) is 0 Å². The summed E-state index contributed by atoms with van der Waals surface area (Å²) in [7, 11) is 0. The summed E-state index contributed by atoms with van der Waals surface area (Å²) in [5.41, 5.74) is 0.490. The molecule has 0 aliphatic carbocycles. The van der Waals surface area contributed by atoms with E-state index in [1.54, 1.807) is 24.4 Å². The number of carbonyl (C=O) groups is 1. The number of hydrogen-bond donors (Lipinski definition) is 2. The molecule has 1 amide bonds. The van der Waals surface area contributed by atoms with Crippen molar-refractivity contribution in [1.29, 1.82) is 0 Å². The molecule has 6 heteroatoms. The van der Waals surface area contributed by atoms with Gasteiger partial charge in [0, 0.05) is 12.7 Å². The van der Waals surface area contributed by atoms with E-state index in [2.05, 4.69) is 4.98 Å². The standard InChI is InChI=1S/C11H14N2O4/c14-10(8-3-1-2-4-12-8)9-7-13(11(15)16)5-6-17-9/h1-4,9-10,14H,5-7H2,(H,15,16)/t9-,10?/m0/s1. The van der Waals surface area contributed by atoms with Crippen molar-refractivity contribution in [3.05, 3.63) is 30.1 Å². The van der Waals surface area contributed by atoms with Crippen LogP contribution in [0.25, 0.3) is 0 Å². The van der Waals surface area contributed by atoms with Gasteiger partial charge >= 0.3 is 6.09 Å². The Morgan fingerprint density at radius 2 is 2.41 bits per heavy atom. The molecule has 0 saturated carbocycles. The van der Waals surface area contributed by atoms with Gasteiger partial charge in [0.1, 0.15) is 12.2 Å². The molecule has 1 saturated heterocycles. The minimum atomic E-state index is -0.994. The van der Waals surface area contributed by atoms with Gasteiger partial charge in [-0.05, 0) is 12.1 Å².